The predicted molar refractivity (Wildman–Crippen MR) is 63.1 cm³/mol. The fraction of sp³-hybridized carbons (Fsp3) is 0.333. The smallest absolute Gasteiger partial charge is 0.330 e. The van der Waals surface area contributed by atoms with Crippen molar-refractivity contribution in [3.8, 4) is 6.07 Å². The number of carbonyl (C=O) groups is 1. The molecule has 0 saturated heterocycles. The molecule has 3 N–H and O–H groups in total. The fourth-order valence-electron chi connectivity index (χ4n) is 1.43. The number of nitrogens with zero attached hydrogens (tertiary/aromatic N) is 1. The van der Waals surface area contributed by atoms with Crippen LogP contribution >= 0.6 is 0 Å². The third-order valence-electron chi connectivity index (χ3n) is 2.34. The van der Waals surface area contributed by atoms with Crippen molar-refractivity contribution in [1.29, 1.82) is 5.26 Å². The van der Waals surface area contributed by atoms with Crippen LogP contribution < -0.4 is 11.1 Å². The first kappa shape index (κ1) is 15.0. The first-order valence-electron chi connectivity index (χ1n) is 5.49. The summed E-state index contributed by atoms with van der Waals surface area (Å²) in [6, 6.07) is 4.62. The number of amides is 1. The van der Waals surface area contributed by atoms with E-state index in [4.69, 9.17) is 11.0 Å². The van der Waals surface area contributed by atoms with Gasteiger partial charge in [-0.2, -0.15) is 18.4 Å². The van der Waals surface area contributed by atoms with Gasteiger partial charge in [0.05, 0.1) is 22.9 Å². The third-order valence-corrected chi connectivity index (χ3v) is 2.34. The molecular formula is C12H12F3N3O. The molecule has 0 heterocycles. The van der Waals surface area contributed by atoms with Crippen LogP contribution in [-0.4, -0.2) is 12.5 Å². The normalized spacial score (nSPS) is 10.9. The minimum absolute atomic E-state index is 0.0494. The molecular weight excluding hydrogens is 259 g/mol. The maximum atomic E-state index is 12.8. The number of nitrogens with two attached hydrogens (primary N) is 1. The molecule has 1 aromatic carbocycles. The van der Waals surface area contributed by atoms with Crippen LogP contribution in [0, 0.1) is 11.3 Å². The van der Waals surface area contributed by atoms with Crippen molar-refractivity contribution in [3.63, 3.8) is 0 Å². The van der Waals surface area contributed by atoms with Gasteiger partial charge in [0.25, 0.3) is 0 Å². The van der Waals surface area contributed by atoms with E-state index in [0.717, 1.165) is 6.07 Å². The van der Waals surface area contributed by atoms with E-state index in [1.54, 1.807) is 6.07 Å². The molecule has 1 aromatic rings. The predicted octanol–water partition coefficient (Wildman–Crippen LogP) is 2.25. The number of anilines is 1. The molecule has 7 heteroatoms. The van der Waals surface area contributed by atoms with Crippen LogP contribution in [0.3, 0.4) is 0 Å². The summed E-state index contributed by atoms with van der Waals surface area (Å²) >= 11 is 0. The minimum atomic E-state index is -4.64. The quantitative estimate of drug-likeness (QED) is 0.881. The lowest BCUT2D eigenvalue weighted by atomic mass is 10.1. The monoisotopic (exact) mass is 271 g/mol. The zero-order valence-corrected chi connectivity index (χ0v) is 9.92. The van der Waals surface area contributed by atoms with Gasteiger partial charge in [0.1, 0.15) is 0 Å². The van der Waals surface area contributed by atoms with Gasteiger partial charge in [0.2, 0.25) is 5.91 Å². The highest BCUT2D eigenvalue weighted by Gasteiger charge is 2.34. The van der Waals surface area contributed by atoms with Crippen molar-refractivity contribution in [2.75, 3.05) is 11.9 Å². The zero-order chi connectivity index (χ0) is 14.5. The second-order valence-electron chi connectivity index (χ2n) is 3.81. The van der Waals surface area contributed by atoms with Gasteiger partial charge in [-0.15, -0.1) is 0 Å². The Morgan fingerprint density at radius 1 is 1.42 bits per heavy atom. The third kappa shape index (κ3) is 4.26. The van der Waals surface area contributed by atoms with Gasteiger partial charge in [-0.3, -0.25) is 4.79 Å². The summed E-state index contributed by atoms with van der Waals surface area (Å²) in [6.45, 7) is 0.285. The average Bonchev–Trinajstić information content (AvgIpc) is 2.35. The van der Waals surface area contributed by atoms with Gasteiger partial charge in [0, 0.05) is 6.42 Å². The second kappa shape index (κ2) is 6.20. The van der Waals surface area contributed by atoms with Crippen molar-refractivity contribution in [1.82, 2.24) is 0 Å². The van der Waals surface area contributed by atoms with Gasteiger partial charge in [0.15, 0.2) is 0 Å². The van der Waals surface area contributed by atoms with Crippen LogP contribution in [0.25, 0.3) is 0 Å². The lowest BCUT2D eigenvalue weighted by Gasteiger charge is -2.14. The van der Waals surface area contributed by atoms with Crippen LogP contribution in [0.1, 0.15) is 24.0 Å². The molecule has 0 unspecified atom stereocenters. The van der Waals surface area contributed by atoms with E-state index in [9.17, 15) is 18.0 Å². The van der Waals surface area contributed by atoms with Crippen LogP contribution in [0.2, 0.25) is 0 Å². The highest BCUT2D eigenvalue weighted by Crippen LogP contribution is 2.35. The van der Waals surface area contributed by atoms with Crippen LogP contribution in [-0.2, 0) is 11.0 Å². The van der Waals surface area contributed by atoms with Crippen molar-refractivity contribution in [2.24, 2.45) is 5.73 Å². The number of hydrogen-bond donors (Lipinski definition) is 2. The molecule has 0 radical (unpaired) electrons. The van der Waals surface area contributed by atoms with Crippen molar-refractivity contribution >= 4 is 11.6 Å². The van der Waals surface area contributed by atoms with E-state index in [0.29, 0.717) is 12.5 Å². The second-order valence-corrected chi connectivity index (χ2v) is 3.81. The Labute approximate surface area is 108 Å². The van der Waals surface area contributed by atoms with Crippen LogP contribution in [0.5, 0.6) is 0 Å². The van der Waals surface area contributed by atoms with Gasteiger partial charge < -0.3 is 11.1 Å². The van der Waals surface area contributed by atoms with E-state index in [1.807, 2.05) is 0 Å². The molecule has 4 nitrogen and oxygen atoms in total. The molecule has 0 spiro atoms. The zero-order valence-electron chi connectivity index (χ0n) is 9.92. The molecule has 0 aliphatic heterocycles. The highest BCUT2D eigenvalue weighted by atomic mass is 19.4. The van der Waals surface area contributed by atoms with E-state index in [1.165, 1.54) is 6.07 Å². The Bertz CT molecular complexity index is 506. The molecule has 1 amide bonds. The summed E-state index contributed by atoms with van der Waals surface area (Å²) < 4.78 is 38.4. The van der Waals surface area contributed by atoms with Gasteiger partial charge in [-0.05, 0) is 31.2 Å². The van der Waals surface area contributed by atoms with E-state index in [2.05, 4.69) is 5.32 Å². The molecule has 0 aromatic heterocycles. The molecule has 0 fully saturated rings. The van der Waals surface area contributed by atoms with Crippen LogP contribution in [0.15, 0.2) is 18.2 Å². The Morgan fingerprint density at radius 2 is 2.11 bits per heavy atom. The number of hydrogen-bond acceptors (Lipinski definition) is 3. The summed E-state index contributed by atoms with van der Waals surface area (Å²) in [4.78, 5) is 11.4. The summed E-state index contributed by atoms with van der Waals surface area (Å²) in [5.74, 6) is -0.541. The molecule has 19 heavy (non-hydrogen) atoms. The first-order chi connectivity index (χ1) is 8.88. The van der Waals surface area contributed by atoms with E-state index >= 15 is 0 Å². The lowest BCUT2D eigenvalue weighted by molar-refractivity contribution is -0.137. The standard InChI is InChI=1S/C12H12F3N3O/c13-12(14,15)9-6-8(7-17)3-4-10(9)18-11(19)2-1-5-16/h3-4,6H,1-2,5,16H2,(H,18,19). The fourth-order valence-corrected chi connectivity index (χ4v) is 1.43. The van der Waals surface area contributed by atoms with Gasteiger partial charge >= 0.3 is 6.18 Å². The summed E-state index contributed by atoms with van der Waals surface area (Å²) in [6.07, 6.45) is -4.19. The van der Waals surface area contributed by atoms with Crippen molar-refractivity contribution in [3.05, 3.63) is 29.3 Å². The number of rotatable bonds is 4. The first-order valence-corrected chi connectivity index (χ1v) is 5.49. The SMILES string of the molecule is N#Cc1ccc(NC(=O)CCCN)c(C(F)(F)F)c1. The number of alkyl halides is 3. The Hall–Kier alpha value is -2.07. The summed E-state index contributed by atoms with van der Waals surface area (Å²) in [5.41, 5.74) is 3.71. The maximum Gasteiger partial charge on any atom is 0.418 e. The largest absolute Gasteiger partial charge is 0.418 e. The van der Waals surface area contributed by atoms with Crippen molar-refractivity contribution in [2.45, 2.75) is 19.0 Å². The number of nitrogens with one attached hydrogen (secondary N) is 1. The molecule has 0 aliphatic carbocycles. The van der Waals surface area contributed by atoms with E-state index in [-0.39, 0.29) is 24.2 Å². The number of halogens is 3. The Morgan fingerprint density at radius 3 is 2.63 bits per heavy atom. The topological polar surface area (TPSA) is 78.9 Å². The molecule has 0 saturated carbocycles. The van der Waals surface area contributed by atoms with E-state index < -0.39 is 17.6 Å². The summed E-state index contributed by atoms with van der Waals surface area (Å²) in [5, 5.41) is 10.8. The highest BCUT2D eigenvalue weighted by molar-refractivity contribution is 5.91. The maximum absolute atomic E-state index is 12.8. The molecule has 0 atom stereocenters. The molecule has 1 rings (SSSR count). The number of carbonyl (C=O) groups excluding carboxylic acids is 1. The number of nitriles is 1. The lowest BCUT2D eigenvalue weighted by Crippen LogP contribution is -2.17. The molecule has 0 aliphatic rings. The Balaban J connectivity index is 3.01. The number of benzene rings is 1. The van der Waals surface area contributed by atoms with Crippen LogP contribution in [0.4, 0.5) is 18.9 Å². The minimum Gasteiger partial charge on any atom is -0.330 e. The molecule has 0 bridgehead atoms. The van der Waals surface area contributed by atoms with Gasteiger partial charge in [-0.1, -0.05) is 0 Å². The average molecular weight is 271 g/mol. The molecule has 102 valence electrons. The Kier molecular flexibility index (Phi) is 4.89. The van der Waals surface area contributed by atoms with Gasteiger partial charge in [-0.25, -0.2) is 0 Å². The van der Waals surface area contributed by atoms with Crippen molar-refractivity contribution < 1.29 is 18.0 Å². The summed E-state index contributed by atoms with van der Waals surface area (Å²) in [7, 11) is 0.